The molecule has 0 radical (unpaired) electrons. The summed E-state index contributed by atoms with van der Waals surface area (Å²) in [5, 5.41) is 3.12. The maximum atomic E-state index is 11.1. The number of nitrogens with one attached hydrogen (secondary N) is 1. The Hall–Kier alpha value is -1.65. The molecule has 2 rings (SSSR count). The highest BCUT2D eigenvalue weighted by Gasteiger charge is 2.22. The molecule has 0 aromatic heterocycles. The second-order valence-corrected chi connectivity index (χ2v) is 4.48. The highest BCUT2D eigenvalue weighted by atomic mass is 16.1. The van der Waals surface area contributed by atoms with Gasteiger partial charge in [-0.1, -0.05) is 42.5 Å². The normalized spacial score (nSPS) is 21.2. The Morgan fingerprint density at radius 1 is 1.44 bits per heavy atom. The number of rotatable bonds is 4. The van der Waals surface area contributed by atoms with Crippen LogP contribution in [0.5, 0.6) is 0 Å². The topological polar surface area (TPSA) is 58.4 Å². The molecule has 1 atom stereocenters. The number of hydrogen-bond acceptors (Lipinski definition) is 3. The molecule has 1 aliphatic heterocycles. The lowest BCUT2D eigenvalue weighted by molar-refractivity contribution is -0.121. The lowest BCUT2D eigenvalue weighted by Gasteiger charge is -2.31. The van der Waals surface area contributed by atoms with Crippen molar-refractivity contribution in [3.63, 3.8) is 0 Å². The third-order valence-electron chi connectivity index (χ3n) is 3.08. The molecule has 96 valence electrons. The van der Waals surface area contributed by atoms with Crippen molar-refractivity contribution in [2.75, 3.05) is 26.2 Å². The predicted molar refractivity (Wildman–Crippen MR) is 72.9 cm³/mol. The zero-order chi connectivity index (χ0) is 12.8. The van der Waals surface area contributed by atoms with Crippen LogP contribution in [0.1, 0.15) is 5.56 Å². The summed E-state index contributed by atoms with van der Waals surface area (Å²) in [6.07, 6.45) is 4.22. The summed E-state index contributed by atoms with van der Waals surface area (Å²) in [7, 11) is 0. The average molecular weight is 245 g/mol. The standard InChI is InChI=1S/C14H19N3O/c15-14(18)13-11-17(10-8-16-13)9-4-7-12-5-2-1-3-6-12/h1-7,13,16H,8-11H2,(H2,15,18). The molecule has 18 heavy (non-hydrogen) atoms. The van der Waals surface area contributed by atoms with Crippen LogP contribution in [0.3, 0.4) is 0 Å². The van der Waals surface area contributed by atoms with E-state index in [-0.39, 0.29) is 11.9 Å². The summed E-state index contributed by atoms with van der Waals surface area (Å²) in [6.45, 7) is 3.30. The summed E-state index contributed by atoms with van der Waals surface area (Å²) in [5.41, 5.74) is 6.50. The molecule has 0 spiro atoms. The number of carbonyl (C=O) groups is 1. The van der Waals surface area contributed by atoms with Crippen molar-refractivity contribution in [1.29, 1.82) is 0 Å². The smallest absolute Gasteiger partial charge is 0.235 e. The number of primary amides is 1. The Labute approximate surface area is 107 Å². The van der Waals surface area contributed by atoms with Gasteiger partial charge in [-0.3, -0.25) is 9.69 Å². The molecular weight excluding hydrogens is 226 g/mol. The van der Waals surface area contributed by atoms with Crippen LogP contribution in [0.2, 0.25) is 0 Å². The molecule has 1 saturated heterocycles. The third-order valence-corrected chi connectivity index (χ3v) is 3.08. The minimum absolute atomic E-state index is 0.219. The van der Waals surface area contributed by atoms with Gasteiger partial charge in [0, 0.05) is 26.2 Å². The fourth-order valence-electron chi connectivity index (χ4n) is 2.07. The van der Waals surface area contributed by atoms with E-state index in [1.807, 2.05) is 18.2 Å². The molecule has 1 fully saturated rings. The summed E-state index contributed by atoms with van der Waals surface area (Å²) in [6, 6.07) is 9.97. The minimum atomic E-state index is -0.272. The Morgan fingerprint density at radius 2 is 2.22 bits per heavy atom. The van der Waals surface area contributed by atoms with Gasteiger partial charge in [-0.05, 0) is 5.56 Å². The van der Waals surface area contributed by atoms with Gasteiger partial charge >= 0.3 is 0 Å². The molecular formula is C14H19N3O. The summed E-state index contributed by atoms with van der Waals surface area (Å²) in [5.74, 6) is -0.272. The van der Waals surface area contributed by atoms with E-state index in [1.54, 1.807) is 0 Å². The SMILES string of the molecule is NC(=O)C1CN(CC=Cc2ccccc2)CCN1. The number of carbonyl (C=O) groups excluding carboxylic acids is 1. The van der Waals surface area contributed by atoms with E-state index in [1.165, 1.54) is 5.56 Å². The van der Waals surface area contributed by atoms with E-state index in [0.717, 1.165) is 19.6 Å². The number of benzene rings is 1. The molecule has 0 bridgehead atoms. The van der Waals surface area contributed by atoms with Crippen molar-refractivity contribution in [2.45, 2.75) is 6.04 Å². The van der Waals surface area contributed by atoms with Crippen molar-refractivity contribution < 1.29 is 4.79 Å². The summed E-state index contributed by atoms with van der Waals surface area (Å²) in [4.78, 5) is 13.3. The molecule has 0 saturated carbocycles. The molecule has 1 aromatic rings. The van der Waals surface area contributed by atoms with Crippen LogP contribution in [-0.4, -0.2) is 43.0 Å². The van der Waals surface area contributed by atoms with Crippen LogP contribution in [0.25, 0.3) is 6.08 Å². The lowest BCUT2D eigenvalue weighted by atomic mass is 10.2. The molecule has 1 amide bonds. The van der Waals surface area contributed by atoms with Crippen LogP contribution in [-0.2, 0) is 4.79 Å². The first-order chi connectivity index (χ1) is 8.75. The second kappa shape index (κ2) is 6.33. The van der Waals surface area contributed by atoms with Crippen molar-refractivity contribution in [3.8, 4) is 0 Å². The molecule has 0 aliphatic carbocycles. The fraction of sp³-hybridized carbons (Fsp3) is 0.357. The largest absolute Gasteiger partial charge is 0.368 e. The van der Waals surface area contributed by atoms with Crippen LogP contribution in [0.4, 0.5) is 0 Å². The number of nitrogens with two attached hydrogens (primary N) is 1. The van der Waals surface area contributed by atoms with Gasteiger partial charge < -0.3 is 11.1 Å². The van der Waals surface area contributed by atoms with Crippen molar-refractivity contribution in [2.24, 2.45) is 5.73 Å². The summed E-state index contributed by atoms with van der Waals surface area (Å²) >= 11 is 0. The predicted octanol–water partition coefficient (Wildman–Crippen LogP) is 0.459. The first-order valence-corrected chi connectivity index (χ1v) is 6.22. The number of nitrogens with zero attached hydrogens (tertiary/aromatic N) is 1. The molecule has 3 N–H and O–H groups in total. The van der Waals surface area contributed by atoms with E-state index in [0.29, 0.717) is 6.54 Å². The maximum absolute atomic E-state index is 11.1. The second-order valence-electron chi connectivity index (χ2n) is 4.48. The van der Waals surface area contributed by atoms with Crippen molar-refractivity contribution in [3.05, 3.63) is 42.0 Å². The Bertz CT molecular complexity index is 416. The zero-order valence-electron chi connectivity index (χ0n) is 10.4. The van der Waals surface area contributed by atoms with Gasteiger partial charge in [0.05, 0.1) is 6.04 Å². The van der Waals surface area contributed by atoms with Gasteiger partial charge in [-0.25, -0.2) is 0 Å². The molecule has 4 nitrogen and oxygen atoms in total. The van der Waals surface area contributed by atoms with Crippen LogP contribution < -0.4 is 11.1 Å². The first-order valence-electron chi connectivity index (χ1n) is 6.22. The number of amides is 1. The molecule has 1 unspecified atom stereocenters. The highest BCUT2D eigenvalue weighted by Crippen LogP contribution is 2.03. The first kappa shape index (κ1) is 12.8. The minimum Gasteiger partial charge on any atom is -0.368 e. The zero-order valence-corrected chi connectivity index (χ0v) is 10.4. The quantitative estimate of drug-likeness (QED) is 0.810. The average Bonchev–Trinajstić information content (AvgIpc) is 2.40. The molecule has 1 aliphatic rings. The highest BCUT2D eigenvalue weighted by molar-refractivity contribution is 5.80. The maximum Gasteiger partial charge on any atom is 0.235 e. The Morgan fingerprint density at radius 3 is 2.94 bits per heavy atom. The van der Waals surface area contributed by atoms with Gasteiger partial charge in [-0.15, -0.1) is 0 Å². The van der Waals surface area contributed by atoms with Gasteiger partial charge in [-0.2, -0.15) is 0 Å². The Balaban J connectivity index is 1.83. The van der Waals surface area contributed by atoms with E-state index in [4.69, 9.17) is 5.73 Å². The van der Waals surface area contributed by atoms with E-state index in [9.17, 15) is 4.79 Å². The van der Waals surface area contributed by atoms with Crippen LogP contribution in [0.15, 0.2) is 36.4 Å². The van der Waals surface area contributed by atoms with Crippen molar-refractivity contribution in [1.82, 2.24) is 10.2 Å². The molecule has 4 heteroatoms. The van der Waals surface area contributed by atoms with E-state index in [2.05, 4.69) is 34.5 Å². The van der Waals surface area contributed by atoms with E-state index >= 15 is 0 Å². The number of piperazine rings is 1. The fourth-order valence-corrected chi connectivity index (χ4v) is 2.07. The van der Waals surface area contributed by atoms with Gasteiger partial charge in [0.15, 0.2) is 0 Å². The van der Waals surface area contributed by atoms with Crippen LogP contribution in [0, 0.1) is 0 Å². The molecule has 1 heterocycles. The van der Waals surface area contributed by atoms with Crippen LogP contribution >= 0.6 is 0 Å². The van der Waals surface area contributed by atoms with Gasteiger partial charge in [0.25, 0.3) is 0 Å². The summed E-state index contributed by atoms with van der Waals surface area (Å²) < 4.78 is 0. The molecule has 1 aromatic carbocycles. The lowest BCUT2D eigenvalue weighted by Crippen LogP contribution is -2.56. The monoisotopic (exact) mass is 245 g/mol. The van der Waals surface area contributed by atoms with Gasteiger partial charge in [0.2, 0.25) is 5.91 Å². The van der Waals surface area contributed by atoms with Crippen molar-refractivity contribution >= 4 is 12.0 Å². The number of hydrogen-bond donors (Lipinski definition) is 2. The van der Waals surface area contributed by atoms with Gasteiger partial charge in [0.1, 0.15) is 0 Å². The Kier molecular flexibility index (Phi) is 4.50. The third kappa shape index (κ3) is 3.68. The van der Waals surface area contributed by atoms with E-state index < -0.39 is 0 Å².